The molecule has 6 heteroatoms. The zero-order valence-electron chi connectivity index (χ0n) is 13.1. The van der Waals surface area contributed by atoms with Crippen LogP contribution in [0.5, 0.6) is 5.75 Å². The molecule has 1 aromatic rings. The Morgan fingerprint density at radius 2 is 1.95 bits per heavy atom. The molecule has 5 nitrogen and oxygen atoms in total. The lowest BCUT2D eigenvalue weighted by Crippen LogP contribution is -2.33. The third-order valence-corrected chi connectivity index (χ3v) is 4.91. The van der Waals surface area contributed by atoms with Gasteiger partial charge in [0.25, 0.3) is 0 Å². The van der Waals surface area contributed by atoms with Gasteiger partial charge in [0, 0.05) is 12.1 Å². The average Bonchev–Trinajstić information content (AvgIpc) is 2.46. The van der Waals surface area contributed by atoms with Crippen molar-refractivity contribution in [3.63, 3.8) is 0 Å². The van der Waals surface area contributed by atoms with Crippen molar-refractivity contribution < 1.29 is 18.3 Å². The van der Waals surface area contributed by atoms with Crippen LogP contribution >= 0.6 is 0 Å². The van der Waals surface area contributed by atoms with Crippen LogP contribution in [-0.4, -0.2) is 26.7 Å². The van der Waals surface area contributed by atoms with Gasteiger partial charge >= 0.3 is 0 Å². The first-order valence-corrected chi connectivity index (χ1v) is 8.60. The van der Waals surface area contributed by atoms with Crippen LogP contribution in [0.25, 0.3) is 0 Å². The number of hydrogen-bond acceptors (Lipinski definition) is 4. The topological polar surface area (TPSA) is 75.6 Å². The Balaban J connectivity index is 2.98. The summed E-state index contributed by atoms with van der Waals surface area (Å²) in [5.74, 6) is 0.507. The summed E-state index contributed by atoms with van der Waals surface area (Å²) in [4.78, 5) is 0.141. The molecule has 0 aliphatic heterocycles. The number of ether oxygens (including phenoxy) is 1. The fraction of sp³-hybridized carbons (Fsp3) is 0.600. The molecule has 0 fully saturated rings. The van der Waals surface area contributed by atoms with Crippen LogP contribution in [0.15, 0.2) is 23.1 Å². The molecule has 0 bridgehead atoms. The first-order valence-electron chi connectivity index (χ1n) is 7.12. The van der Waals surface area contributed by atoms with Gasteiger partial charge in [-0.3, -0.25) is 0 Å². The van der Waals surface area contributed by atoms with Crippen molar-refractivity contribution in [1.82, 2.24) is 4.72 Å². The first-order chi connectivity index (χ1) is 9.75. The molecule has 120 valence electrons. The largest absolute Gasteiger partial charge is 0.494 e. The van der Waals surface area contributed by atoms with E-state index in [-0.39, 0.29) is 16.9 Å². The van der Waals surface area contributed by atoms with Gasteiger partial charge in [-0.25, -0.2) is 13.1 Å². The van der Waals surface area contributed by atoms with E-state index >= 15 is 0 Å². The highest BCUT2D eigenvalue weighted by molar-refractivity contribution is 7.89. The molecule has 0 radical (unpaired) electrons. The van der Waals surface area contributed by atoms with E-state index in [1.807, 2.05) is 27.7 Å². The maximum atomic E-state index is 12.3. The predicted octanol–water partition coefficient (Wildman–Crippen LogP) is 2.29. The van der Waals surface area contributed by atoms with Crippen molar-refractivity contribution in [3.05, 3.63) is 23.8 Å². The minimum absolute atomic E-state index is 0.0991. The van der Waals surface area contributed by atoms with Gasteiger partial charge in [-0.2, -0.15) is 0 Å². The number of sulfonamides is 1. The Hall–Kier alpha value is -1.11. The molecule has 0 unspecified atom stereocenters. The Morgan fingerprint density at radius 1 is 1.29 bits per heavy atom. The molecule has 0 saturated carbocycles. The third-order valence-electron chi connectivity index (χ3n) is 3.51. The molecule has 1 rings (SSSR count). The minimum atomic E-state index is -3.58. The predicted molar refractivity (Wildman–Crippen MR) is 82.8 cm³/mol. The van der Waals surface area contributed by atoms with Gasteiger partial charge < -0.3 is 9.84 Å². The van der Waals surface area contributed by atoms with E-state index < -0.39 is 10.0 Å². The molecule has 21 heavy (non-hydrogen) atoms. The van der Waals surface area contributed by atoms with Crippen molar-refractivity contribution in [3.8, 4) is 5.75 Å². The zero-order valence-corrected chi connectivity index (χ0v) is 14.0. The van der Waals surface area contributed by atoms with Crippen molar-refractivity contribution in [2.24, 2.45) is 5.41 Å². The maximum Gasteiger partial charge on any atom is 0.240 e. The number of aliphatic hydroxyl groups is 1. The highest BCUT2D eigenvalue weighted by Gasteiger charge is 2.21. The quantitative estimate of drug-likeness (QED) is 0.772. The second-order valence-electron chi connectivity index (χ2n) is 5.70. The third kappa shape index (κ3) is 4.98. The monoisotopic (exact) mass is 315 g/mol. The summed E-state index contributed by atoms with van der Waals surface area (Å²) in [6.45, 7) is 8.43. The fourth-order valence-corrected chi connectivity index (χ4v) is 2.93. The lowest BCUT2D eigenvalue weighted by atomic mass is 9.91. The molecule has 0 saturated heterocycles. The van der Waals surface area contributed by atoms with Gasteiger partial charge in [0.2, 0.25) is 10.0 Å². The lowest BCUT2D eigenvalue weighted by Gasteiger charge is -2.23. The van der Waals surface area contributed by atoms with Gasteiger partial charge in [-0.05, 0) is 37.0 Å². The zero-order chi connectivity index (χ0) is 16.1. The van der Waals surface area contributed by atoms with Crippen molar-refractivity contribution in [2.75, 3.05) is 13.2 Å². The summed E-state index contributed by atoms with van der Waals surface area (Å²) in [5, 5.41) is 9.34. The van der Waals surface area contributed by atoms with E-state index in [1.165, 1.54) is 12.1 Å². The summed E-state index contributed by atoms with van der Waals surface area (Å²) in [6.07, 6.45) is 0.876. The highest BCUT2D eigenvalue weighted by Crippen LogP contribution is 2.24. The minimum Gasteiger partial charge on any atom is -0.494 e. The second kappa shape index (κ2) is 7.24. The van der Waals surface area contributed by atoms with Gasteiger partial charge in [0.05, 0.1) is 18.1 Å². The van der Waals surface area contributed by atoms with E-state index in [2.05, 4.69) is 4.72 Å². The summed E-state index contributed by atoms with van der Waals surface area (Å²) in [6, 6.07) is 4.52. The van der Waals surface area contributed by atoms with Gasteiger partial charge in [0.15, 0.2) is 0 Å². The maximum absolute atomic E-state index is 12.3. The number of nitrogens with one attached hydrogen (secondary N) is 1. The van der Waals surface area contributed by atoms with Crippen LogP contribution in [0.4, 0.5) is 0 Å². The number of hydrogen-bond donors (Lipinski definition) is 2. The lowest BCUT2D eigenvalue weighted by molar-refractivity contribution is 0.266. The fourth-order valence-electron chi connectivity index (χ4n) is 1.64. The second-order valence-corrected chi connectivity index (χ2v) is 7.47. The van der Waals surface area contributed by atoms with Crippen LogP contribution in [0, 0.1) is 5.41 Å². The summed E-state index contributed by atoms with van der Waals surface area (Å²) in [7, 11) is -3.58. The van der Waals surface area contributed by atoms with Gasteiger partial charge in [-0.1, -0.05) is 20.8 Å². The molecule has 0 amide bonds. The van der Waals surface area contributed by atoms with Gasteiger partial charge in [0.1, 0.15) is 5.75 Å². The molecule has 0 aliphatic carbocycles. The van der Waals surface area contributed by atoms with Gasteiger partial charge in [-0.15, -0.1) is 0 Å². The van der Waals surface area contributed by atoms with Crippen LogP contribution < -0.4 is 9.46 Å². The Kier molecular flexibility index (Phi) is 6.19. The average molecular weight is 315 g/mol. The molecular weight excluding hydrogens is 290 g/mol. The molecule has 0 atom stereocenters. The SMILES string of the molecule is CCOc1ccc(S(=O)(=O)NCC(C)(C)CC)cc1CO. The molecule has 2 N–H and O–H groups in total. The van der Waals surface area contributed by atoms with Crippen LogP contribution in [-0.2, 0) is 16.6 Å². The molecule has 0 aliphatic rings. The van der Waals surface area contributed by atoms with Crippen molar-refractivity contribution >= 4 is 10.0 Å². The first kappa shape index (κ1) is 17.9. The van der Waals surface area contributed by atoms with E-state index in [9.17, 15) is 13.5 Å². The van der Waals surface area contributed by atoms with Crippen LogP contribution in [0.2, 0.25) is 0 Å². The number of rotatable bonds is 8. The standard InChI is InChI=1S/C15H25NO4S/c1-5-15(3,4)11-16-21(18,19)13-7-8-14(20-6-2)12(9-13)10-17/h7-9,16-17H,5-6,10-11H2,1-4H3. The van der Waals surface area contributed by atoms with Crippen molar-refractivity contribution in [2.45, 2.75) is 45.6 Å². The Labute approximate surface area is 127 Å². The van der Waals surface area contributed by atoms with E-state index in [4.69, 9.17) is 4.74 Å². The molecular formula is C15H25NO4S. The van der Waals surface area contributed by atoms with Crippen molar-refractivity contribution in [1.29, 1.82) is 0 Å². The number of aliphatic hydroxyl groups excluding tert-OH is 1. The number of benzene rings is 1. The normalized spacial score (nSPS) is 12.4. The molecule has 1 aromatic carbocycles. The molecule has 0 aromatic heterocycles. The Bertz CT molecular complexity index is 567. The van der Waals surface area contributed by atoms with Crippen LogP contribution in [0.3, 0.4) is 0 Å². The Morgan fingerprint density at radius 3 is 2.48 bits per heavy atom. The molecule has 0 heterocycles. The smallest absolute Gasteiger partial charge is 0.240 e. The van der Waals surface area contributed by atoms with E-state index in [0.717, 1.165) is 6.42 Å². The highest BCUT2D eigenvalue weighted by atomic mass is 32.2. The summed E-state index contributed by atoms with van der Waals surface area (Å²) < 4.78 is 32.6. The summed E-state index contributed by atoms with van der Waals surface area (Å²) in [5.41, 5.74) is 0.368. The van der Waals surface area contributed by atoms with Crippen LogP contribution in [0.1, 0.15) is 39.7 Å². The molecule has 0 spiro atoms. The van der Waals surface area contributed by atoms with E-state index in [1.54, 1.807) is 6.07 Å². The summed E-state index contributed by atoms with van der Waals surface area (Å²) >= 11 is 0. The van der Waals surface area contributed by atoms with E-state index in [0.29, 0.717) is 24.5 Å².